The summed E-state index contributed by atoms with van der Waals surface area (Å²) in [7, 11) is 0. The Labute approximate surface area is 145 Å². The van der Waals surface area contributed by atoms with Gasteiger partial charge in [-0.05, 0) is 18.6 Å². The van der Waals surface area contributed by atoms with Crippen LogP contribution in [0, 0.1) is 5.82 Å². The molecule has 26 heavy (non-hydrogen) atoms. The number of benzene rings is 1. The van der Waals surface area contributed by atoms with Crippen LogP contribution in [0.4, 0.5) is 13.2 Å². The molecule has 0 aliphatic carbocycles. The van der Waals surface area contributed by atoms with Gasteiger partial charge in [0, 0.05) is 29.3 Å². The zero-order chi connectivity index (χ0) is 18.4. The molecule has 10 heteroatoms. The van der Waals surface area contributed by atoms with Crippen molar-refractivity contribution in [3.63, 3.8) is 0 Å². The molecule has 2 aromatic rings. The van der Waals surface area contributed by atoms with E-state index < -0.39 is 18.1 Å². The first-order valence-corrected chi connectivity index (χ1v) is 8.04. The molecule has 2 aliphatic rings. The molecule has 0 radical (unpaired) electrons. The monoisotopic (exact) mass is 368 g/mol. The number of aromatic nitrogens is 2. The largest absolute Gasteiger partial charge is 0.415 e. The van der Waals surface area contributed by atoms with Crippen LogP contribution < -0.4 is 5.73 Å². The fourth-order valence-electron chi connectivity index (χ4n) is 3.35. The minimum absolute atomic E-state index is 0.0760. The van der Waals surface area contributed by atoms with E-state index in [1.807, 2.05) is 0 Å². The van der Waals surface area contributed by atoms with Gasteiger partial charge in [-0.2, -0.15) is 8.78 Å². The molecule has 4 rings (SSSR count). The predicted molar refractivity (Wildman–Crippen MR) is 81.7 cm³/mol. The van der Waals surface area contributed by atoms with Crippen molar-refractivity contribution in [2.45, 2.75) is 31.5 Å². The van der Waals surface area contributed by atoms with Gasteiger partial charge in [-0.3, -0.25) is 4.79 Å². The van der Waals surface area contributed by atoms with Crippen molar-refractivity contribution < 1.29 is 27.1 Å². The highest BCUT2D eigenvalue weighted by Gasteiger charge is 2.38. The predicted octanol–water partition coefficient (Wildman–Crippen LogP) is 1.89. The number of ether oxygens (including phenoxy) is 1. The normalized spacial score (nSPS) is 23.0. The van der Waals surface area contributed by atoms with Crippen molar-refractivity contribution in [3.8, 4) is 11.5 Å². The third-order valence-corrected chi connectivity index (χ3v) is 4.65. The summed E-state index contributed by atoms with van der Waals surface area (Å²) in [5.74, 6) is -2.12. The van der Waals surface area contributed by atoms with Crippen LogP contribution in [0.5, 0.6) is 0 Å². The number of nitrogens with two attached hydrogens (primary N) is 1. The Hall–Kier alpha value is -2.46. The number of rotatable bonds is 3. The van der Waals surface area contributed by atoms with Gasteiger partial charge in [0.1, 0.15) is 5.82 Å². The summed E-state index contributed by atoms with van der Waals surface area (Å²) in [5.41, 5.74) is 6.50. The number of alkyl halides is 2. The lowest BCUT2D eigenvalue weighted by Crippen LogP contribution is -2.53. The molecular formula is C16H15F3N4O3. The number of halogens is 3. The lowest BCUT2D eigenvalue weighted by molar-refractivity contribution is 0.0179. The number of amides is 1. The van der Waals surface area contributed by atoms with Crippen LogP contribution in [0.2, 0.25) is 0 Å². The topological polar surface area (TPSA) is 94.5 Å². The van der Waals surface area contributed by atoms with Crippen LogP contribution in [0.3, 0.4) is 0 Å². The molecule has 1 aromatic carbocycles. The lowest BCUT2D eigenvalue weighted by atomic mass is 10.0. The van der Waals surface area contributed by atoms with Gasteiger partial charge in [0.15, 0.2) is 0 Å². The number of nitrogens with zero attached hydrogens (tertiary/aromatic N) is 3. The van der Waals surface area contributed by atoms with Gasteiger partial charge in [0.25, 0.3) is 11.8 Å². The van der Waals surface area contributed by atoms with E-state index in [4.69, 9.17) is 14.9 Å². The Morgan fingerprint density at radius 1 is 1.31 bits per heavy atom. The molecule has 2 aliphatic heterocycles. The Balaban J connectivity index is 1.67. The van der Waals surface area contributed by atoms with Gasteiger partial charge in [-0.25, -0.2) is 4.39 Å². The van der Waals surface area contributed by atoms with Gasteiger partial charge >= 0.3 is 6.43 Å². The standard InChI is InChI=1S/C16H15F3N4O3/c17-10-4-7(14-21-22-15(26-14)13(18)19)3-8-9(10)5-23(16(8)24)12-1-2-25-6-11(12)20/h3-4,11-13H,1-2,5-6,20H2/t11-,12+/m0/s1. The van der Waals surface area contributed by atoms with Crippen molar-refractivity contribution >= 4 is 5.91 Å². The smallest absolute Gasteiger partial charge is 0.314 e. The average molecular weight is 368 g/mol. The van der Waals surface area contributed by atoms with Crippen molar-refractivity contribution in [3.05, 3.63) is 35.0 Å². The second-order valence-electron chi connectivity index (χ2n) is 6.26. The number of carbonyl (C=O) groups is 1. The van der Waals surface area contributed by atoms with E-state index in [1.165, 1.54) is 11.0 Å². The zero-order valence-corrected chi connectivity index (χ0v) is 13.5. The van der Waals surface area contributed by atoms with Crippen molar-refractivity contribution in [1.29, 1.82) is 0 Å². The minimum atomic E-state index is -2.93. The average Bonchev–Trinajstić information content (AvgIpc) is 3.22. The Kier molecular flexibility index (Phi) is 4.16. The van der Waals surface area contributed by atoms with E-state index in [2.05, 4.69) is 10.2 Å². The summed E-state index contributed by atoms with van der Waals surface area (Å²) >= 11 is 0. The third kappa shape index (κ3) is 2.74. The first kappa shape index (κ1) is 17.0. The molecule has 138 valence electrons. The number of hydrogen-bond acceptors (Lipinski definition) is 6. The maximum Gasteiger partial charge on any atom is 0.314 e. The molecule has 1 amide bonds. The Morgan fingerprint density at radius 2 is 2.12 bits per heavy atom. The van der Waals surface area contributed by atoms with E-state index in [1.54, 1.807) is 0 Å². The molecule has 1 fully saturated rings. The second-order valence-corrected chi connectivity index (χ2v) is 6.26. The maximum absolute atomic E-state index is 14.5. The van der Waals surface area contributed by atoms with Crippen molar-refractivity contribution in [1.82, 2.24) is 15.1 Å². The third-order valence-electron chi connectivity index (χ3n) is 4.65. The van der Waals surface area contributed by atoms with Crippen LogP contribution in [0.25, 0.3) is 11.5 Å². The maximum atomic E-state index is 14.5. The van der Waals surface area contributed by atoms with Crippen LogP contribution in [0.1, 0.15) is 34.7 Å². The summed E-state index contributed by atoms with van der Waals surface area (Å²) in [6, 6.07) is 1.88. The highest BCUT2D eigenvalue weighted by Crippen LogP contribution is 2.33. The van der Waals surface area contributed by atoms with Gasteiger partial charge in [-0.15, -0.1) is 10.2 Å². The number of hydrogen-bond donors (Lipinski definition) is 1. The minimum Gasteiger partial charge on any atom is -0.415 e. The zero-order valence-electron chi connectivity index (χ0n) is 13.5. The van der Waals surface area contributed by atoms with E-state index in [0.717, 1.165) is 6.07 Å². The molecule has 2 atom stereocenters. The molecule has 1 aromatic heterocycles. The highest BCUT2D eigenvalue weighted by molar-refractivity contribution is 5.99. The molecule has 0 bridgehead atoms. The van der Waals surface area contributed by atoms with E-state index >= 15 is 0 Å². The van der Waals surface area contributed by atoms with Gasteiger partial charge in [0.2, 0.25) is 5.89 Å². The van der Waals surface area contributed by atoms with E-state index in [9.17, 15) is 18.0 Å². The molecule has 0 unspecified atom stereocenters. The van der Waals surface area contributed by atoms with Crippen LogP contribution in [0.15, 0.2) is 16.5 Å². The number of carbonyl (C=O) groups excluding carboxylic acids is 1. The van der Waals surface area contributed by atoms with Crippen molar-refractivity contribution in [2.24, 2.45) is 5.73 Å². The highest BCUT2D eigenvalue weighted by atomic mass is 19.3. The quantitative estimate of drug-likeness (QED) is 0.889. The van der Waals surface area contributed by atoms with E-state index in [0.29, 0.717) is 19.6 Å². The summed E-state index contributed by atoms with van der Waals surface area (Å²) in [6.07, 6.45) is -2.36. The van der Waals surface area contributed by atoms with Gasteiger partial charge in [-0.1, -0.05) is 0 Å². The first-order valence-electron chi connectivity index (χ1n) is 8.04. The summed E-state index contributed by atoms with van der Waals surface area (Å²) < 4.78 is 49.9. The Morgan fingerprint density at radius 3 is 2.81 bits per heavy atom. The van der Waals surface area contributed by atoms with Crippen LogP contribution in [-0.2, 0) is 11.3 Å². The van der Waals surface area contributed by atoms with Gasteiger partial charge < -0.3 is 19.8 Å². The van der Waals surface area contributed by atoms with Crippen LogP contribution in [-0.4, -0.2) is 46.3 Å². The molecular weight excluding hydrogens is 353 g/mol. The van der Waals surface area contributed by atoms with Crippen molar-refractivity contribution in [2.75, 3.05) is 13.2 Å². The van der Waals surface area contributed by atoms with Gasteiger partial charge in [0.05, 0.1) is 19.2 Å². The molecule has 3 heterocycles. The first-order chi connectivity index (χ1) is 12.5. The Bertz CT molecular complexity index is 857. The fourth-order valence-corrected chi connectivity index (χ4v) is 3.35. The number of fused-ring (bicyclic) bond motifs is 1. The molecule has 2 N–H and O–H groups in total. The molecule has 0 saturated carbocycles. The fraction of sp³-hybridized carbons (Fsp3) is 0.438. The summed E-state index contributed by atoms with van der Waals surface area (Å²) in [4.78, 5) is 14.3. The molecule has 0 spiro atoms. The molecule has 7 nitrogen and oxygen atoms in total. The van der Waals surface area contributed by atoms with Crippen LogP contribution >= 0.6 is 0 Å². The molecule has 1 saturated heterocycles. The lowest BCUT2D eigenvalue weighted by Gasteiger charge is -2.35. The van der Waals surface area contributed by atoms with E-state index in [-0.39, 0.29) is 47.1 Å². The summed E-state index contributed by atoms with van der Waals surface area (Å²) in [5, 5.41) is 6.71. The second kappa shape index (κ2) is 6.36. The summed E-state index contributed by atoms with van der Waals surface area (Å²) in [6.45, 7) is 0.909. The SMILES string of the molecule is N[C@H]1COCC[C@H]1N1Cc2c(F)cc(-c3nnc(C(F)F)o3)cc2C1=O.